The zero-order chi connectivity index (χ0) is 12.4. The minimum atomic E-state index is -0.167. The van der Waals surface area contributed by atoms with Crippen molar-refractivity contribution in [2.45, 2.75) is 13.8 Å². The van der Waals surface area contributed by atoms with Crippen molar-refractivity contribution in [1.29, 1.82) is 0 Å². The van der Waals surface area contributed by atoms with E-state index in [0.29, 0.717) is 0 Å². The molecule has 0 radical (unpaired) electrons. The molecule has 2 aromatic rings. The molecule has 1 aromatic carbocycles. The molecule has 0 unspecified atom stereocenters. The Kier molecular flexibility index (Phi) is 2.95. The van der Waals surface area contributed by atoms with Crippen molar-refractivity contribution in [2.24, 2.45) is 12.1 Å². The molecule has 1 aromatic heterocycles. The third-order valence-electron chi connectivity index (χ3n) is 2.86. The molecule has 4 heteroatoms. The molecule has 0 atom stereocenters. The van der Waals surface area contributed by atoms with E-state index in [4.69, 9.17) is 0 Å². The highest BCUT2D eigenvalue weighted by Crippen LogP contribution is 2.22. The summed E-state index contributed by atoms with van der Waals surface area (Å²) < 4.78 is 2.12. The van der Waals surface area contributed by atoms with Gasteiger partial charge < -0.3 is 4.57 Å². The summed E-state index contributed by atoms with van der Waals surface area (Å²) in [6, 6.07) is 8.13. The summed E-state index contributed by atoms with van der Waals surface area (Å²) in [6.45, 7) is 3.47. The molecule has 88 valence electrons. The number of para-hydroxylation sites is 1. The van der Waals surface area contributed by atoms with Gasteiger partial charge in [0.15, 0.2) is 0 Å². The maximum absolute atomic E-state index is 10.8. The molecule has 0 spiro atoms. The van der Waals surface area contributed by atoms with Crippen LogP contribution < -0.4 is 5.43 Å². The van der Waals surface area contributed by atoms with Crippen LogP contribution in [0.4, 0.5) is 0 Å². The first kappa shape index (κ1) is 11.4. The molecule has 1 amide bonds. The molecular formula is C13H15N3O. The number of fused-ring (bicyclic) bond motifs is 1. The minimum Gasteiger partial charge on any atom is -0.347 e. The van der Waals surface area contributed by atoms with Gasteiger partial charge in [-0.2, -0.15) is 5.10 Å². The number of hydrogen-bond donors (Lipinski definition) is 1. The summed E-state index contributed by atoms with van der Waals surface area (Å²) in [5.74, 6) is -0.167. The Morgan fingerprint density at radius 2 is 2.12 bits per heavy atom. The van der Waals surface area contributed by atoms with Gasteiger partial charge in [0.05, 0.1) is 6.21 Å². The van der Waals surface area contributed by atoms with Crippen LogP contribution in [0.5, 0.6) is 0 Å². The Morgan fingerprint density at radius 1 is 1.41 bits per heavy atom. The number of aryl methyl sites for hydroxylation is 1. The lowest BCUT2D eigenvalue weighted by Gasteiger charge is -1.97. The van der Waals surface area contributed by atoms with Gasteiger partial charge in [0.1, 0.15) is 0 Å². The van der Waals surface area contributed by atoms with Gasteiger partial charge in [0, 0.05) is 36.1 Å². The van der Waals surface area contributed by atoms with E-state index in [1.165, 1.54) is 6.92 Å². The molecule has 0 aliphatic heterocycles. The summed E-state index contributed by atoms with van der Waals surface area (Å²) >= 11 is 0. The van der Waals surface area contributed by atoms with Gasteiger partial charge in [-0.05, 0) is 13.0 Å². The topological polar surface area (TPSA) is 46.4 Å². The van der Waals surface area contributed by atoms with Crippen LogP contribution in [0.3, 0.4) is 0 Å². The fraction of sp³-hybridized carbons (Fsp3) is 0.231. The van der Waals surface area contributed by atoms with Crippen LogP contribution in [0.15, 0.2) is 29.4 Å². The number of rotatable bonds is 2. The summed E-state index contributed by atoms with van der Waals surface area (Å²) in [5.41, 5.74) is 5.74. The van der Waals surface area contributed by atoms with Crippen molar-refractivity contribution < 1.29 is 4.79 Å². The molecule has 4 nitrogen and oxygen atoms in total. The summed E-state index contributed by atoms with van der Waals surface area (Å²) in [6.07, 6.45) is 1.69. The Labute approximate surface area is 99.9 Å². The minimum absolute atomic E-state index is 0.167. The SMILES string of the molecule is CC(=O)N/N=C/c1c(C)n(C)c2ccccc12. The average Bonchev–Trinajstić information content (AvgIpc) is 2.54. The first-order valence-corrected chi connectivity index (χ1v) is 5.45. The van der Waals surface area contributed by atoms with Crippen molar-refractivity contribution in [2.75, 3.05) is 0 Å². The van der Waals surface area contributed by atoms with Crippen LogP contribution in [0.25, 0.3) is 10.9 Å². The zero-order valence-electron chi connectivity index (χ0n) is 10.2. The lowest BCUT2D eigenvalue weighted by molar-refractivity contribution is -0.118. The van der Waals surface area contributed by atoms with Gasteiger partial charge in [0.25, 0.3) is 0 Å². The maximum atomic E-state index is 10.8. The standard InChI is InChI=1S/C13H15N3O/c1-9-12(8-14-15-10(2)17)11-6-4-5-7-13(11)16(9)3/h4-8H,1-3H3,(H,15,17)/b14-8+. The van der Waals surface area contributed by atoms with E-state index < -0.39 is 0 Å². The van der Waals surface area contributed by atoms with E-state index in [1.54, 1.807) is 6.21 Å². The third-order valence-corrected chi connectivity index (χ3v) is 2.86. The molecule has 1 N–H and O–H groups in total. The zero-order valence-corrected chi connectivity index (χ0v) is 10.2. The van der Waals surface area contributed by atoms with Crippen LogP contribution in [0.2, 0.25) is 0 Å². The molecule has 2 rings (SSSR count). The fourth-order valence-corrected chi connectivity index (χ4v) is 1.90. The molecule has 0 aliphatic rings. The molecule has 1 heterocycles. The highest BCUT2D eigenvalue weighted by Gasteiger charge is 2.08. The predicted molar refractivity (Wildman–Crippen MR) is 69.1 cm³/mol. The molecule has 0 fully saturated rings. The van der Waals surface area contributed by atoms with E-state index >= 15 is 0 Å². The van der Waals surface area contributed by atoms with Crippen LogP contribution >= 0.6 is 0 Å². The largest absolute Gasteiger partial charge is 0.347 e. The number of benzene rings is 1. The van der Waals surface area contributed by atoms with E-state index in [2.05, 4.69) is 27.2 Å². The normalized spacial score (nSPS) is 11.2. The lowest BCUT2D eigenvalue weighted by Crippen LogP contribution is -2.12. The fourth-order valence-electron chi connectivity index (χ4n) is 1.90. The number of carbonyl (C=O) groups excluding carboxylic acids is 1. The summed E-state index contributed by atoms with van der Waals surface area (Å²) in [7, 11) is 2.02. The van der Waals surface area contributed by atoms with Crippen LogP contribution in [-0.2, 0) is 11.8 Å². The van der Waals surface area contributed by atoms with Gasteiger partial charge in [-0.1, -0.05) is 18.2 Å². The predicted octanol–water partition coefficient (Wildman–Crippen LogP) is 1.96. The van der Waals surface area contributed by atoms with E-state index in [-0.39, 0.29) is 5.91 Å². The van der Waals surface area contributed by atoms with E-state index in [1.807, 2.05) is 26.1 Å². The second-order valence-corrected chi connectivity index (χ2v) is 4.00. The average molecular weight is 229 g/mol. The second kappa shape index (κ2) is 4.41. The highest BCUT2D eigenvalue weighted by atomic mass is 16.2. The molecule has 0 aliphatic carbocycles. The molecule has 17 heavy (non-hydrogen) atoms. The highest BCUT2D eigenvalue weighted by molar-refractivity contribution is 6.01. The number of nitrogens with zero attached hydrogens (tertiary/aromatic N) is 2. The molecule has 0 bridgehead atoms. The Balaban J connectivity index is 2.50. The van der Waals surface area contributed by atoms with Crippen LogP contribution in [0, 0.1) is 6.92 Å². The van der Waals surface area contributed by atoms with Crippen LogP contribution in [-0.4, -0.2) is 16.7 Å². The monoisotopic (exact) mass is 229 g/mol. The van der Waals surface area contributed by atoms with Gasteiger partial charge in [-0.25, -0.2) is 5.43 Å². The number of aromatic nitrogens is 1. The first-order valence-electron chi connectivity index (χ1n) is 5.45. The number of carbonyl (C=O) groups is 1. The number of hydrogen-bond acceptors (Lipinski definition) is 2. The van der Waals surface area contributed by atoms with Gasteiger partial charge in [-0.3, -0.25) is 4.79 Å². The number of nitrogens with one attached hydrogen (secondary N) is 1. The first-order chi connectivity index (χ1) is 8.11. The van der Waals surface area contributed by atoms with Crippen molar-refractivity contribution in [3.8, 4) is 0 Å². The van der Waals surface area contributed by atoms with Gasteiger partial charge in [0.2, 0.25) is 5.91 Å². The van der Waals surface area contributed by atoms with Crippen LogP contribution in [0.1, 0.15) is 18.2 Å². The van der Waals surface area contributed by atoms with E-state index in [9.17, 15) is 4.79 Å². The smallest absolute Gasteiger partial charge is 0.236 e. The number of amides is 1. The number of hydrazone groups is 1. The molecular weight excluding hydrogens is 214 g/mol. The quantitative estimate of drug-likeness (QED) is 0.621. The Bertz CT molecular complexity index is 596. The van der Waals surface area contributed by atoms with Crippen molar-refractivity contribution in [3.05, 3.63) is 35.5 Å². The Hall–Kier alpha value is -2.10. The van der Waals surface area contributed by atoms with Gasteiger partial charge >= 0.3 is 0 Å². The van der Waals surface area contributed by atoms with Gasteiger partial charge in [-0.15, -0.1) is 0 Å². The summed E-state index contributed by atoms with van der Waals surface area (Å²) in [4.78, 5) is 10.8. The third kappa shape index (κ3) is 2.06. The van der Waals surface area contributed by atoms with Crippen molar-refractivity contribution >= 4 is 23.0 Å². The lowest BCUT2D eigenvalue weighted by atomic mass is 10.1. The summed E-state index contributed by atoms with van der Waals surface area (Å²) in [5, 5.41) is 5.07. The van der Waals surface area contributed by atoms with Crippen molar-refractivity contribution in [1.82, 2.24) is 9.99 Å². The molecule has 0 saturated carbocycles. The van der Waals surface area contributed by atoms with Crippen molar-refractivity contribution in [3.63, 3.8) is 0 Å². The Morgan fingerprint density at radius 3 is 2.82 bits per heavy atom. The second-order valence-electron chi connectivity index (χ2n) is 4.00. The maximum Gasteiger partial charge on any atom is 0.236 e. The molecule has 0 saturated heterocycles. The van der Waals surface area contributed by atoms with E-state index in [0.717, 1.165) is 22.2 Å².